The lowest BCUT2D eigenvalue weighted by Gasteiger charge is -2.42. The van der Waals surface area contributed by atoms with E-state index in [4.69, 9.17) is 0 Å². The fourth-order valence-electron chi connectivity index (χ4n) is 4.11. The summed E-state index contributed by atoms with van der Waals surface area (Å²) in [6, 6.07) is 4.37. The smallest absolute Gasteiger partial charge is 0.274 e. The van der Waals surface area contributed by atoms with Gasteiger partial charge in [0.15, 0.2) is 5.69 Å². The van der Waals surface area contributed by atoms with Crippen LogP contribution in [0.3, 0.4) is 0 Å². The zero-order valence-electron chi connectivity index (χ0n) is 15.1. The van der Waals surface area contributed by atoms with E-state index < -0.39 is 0 Å². The number of nitrogens with zero attached hydrogens (tertiary/aromatic N) is 4. The molecule has 7 heteroatoms. The van der Waals surface area contributed by atoms with Gasteiger partial charge in [0, 0.05) is 37.9 Å². The van der Waals surface area contributed by atoms with Gasteiger partial charge in [-0.1, -0.05) is 0 Å². The summed E-state index contributed by atoms with van der Waals surface area (Å²) in [4.78, 5) is 29.2. The molecule has 3 heterocycles. The number of aromatic nitrogens is 2. The van der Waals surface area contributed by atoms with Crippen LogP contribution in [0.4, 0.5) is 0 Å². The molecule has 1 aromatic rings. The molecule has 140 valence electrons. The molecule has 4 rings (SSSR count). The Bertz CT molecular complexity index is 641. The topological polar surface area (TPSA) is 78.4 Å². The Morgan fingerprint density at radius 2 is 1.88 bits per heavy atom. The number of carbonyl (C=O) groups is 2. The minimum atomic E-state index is -0.0307. The Balaban J connectivity index is 1.28. The Hall–Kier alpha value is -2.02. The third kappa shape index (κ3) is 4.03. The standard InChI is InChI=1S/C19H27N5O2/c25-18(21-15-5-6-15)14-3-2-10-24(13-14)16-7-11-23(12-8-16)19(26)17-4-1-9-20-22-17/h1,4,9,14-16H,2-3,5-8,10-13H2,(H,21,25)/t14-/m0/s1. The van der Waals surface area contributed by atoms with Gasteiger partial charge in [0.1, 0.15) is 0 Å². The third-order valence-electron chi connectivity index (χ3n) is 5.81. The number of likely N-dealkylation sites (tertiary alicyclic amines) is 2. The average molecular weight is 357 g/mol. The van der Waals surface area contributed by atoms with Gasteiger partial charge >= 0.3 is 0 Å². The lowest BCUT2D eigenvalue weighted by atomic mass is 9.93. The van der Waals surface area contributed by atoms with Crippen molar-refractivity contribution in [3.8, 4) is 0 Å². The highest BCUT2D eigenvalue weighted by Crippen LogP contribution is 2.26. The summed E-state index contributed by atoms with van der Waals surface area (Å²) in [5.41, 5.74) is 0.417. The van der Waals surface area contributed by atoms with Crippen LogP contribution in [-0.2, 0) is 4.79 Å². The molecule has 3 fully saturated rings. The molecule has 0 bridgehead atoms. The first-order valence-electron chi connectivity index (χ1n) is 9.82. The number of piperidine rings is 2. The predicted molar refractivity (Wildman–Crippen MR) is 96.4 cm³/mol. The first kappa shape index (κ1) is 17.4. The quantitative estimate of drug-likeness (QED) is 0.872. The molecule has 3 aliphatic rings. The minimum absolute atomic E-state index is 0.0307. The summed E-state index contributed by atoms with van der Waals surface area (Å²) in [6.45, 7) is 3.42. The zero-order valence-corrected chi connectivity index (χ0v) is 15.1. The van der Waals surface area contributed by atoms with Crippen LogP contribution >= 0.6 is 0 Å². The van der Waals surface area contributed by atoms with Gasteiger partial charge in [-0.15, -0.1) is 5.10 Å². The van der Waals surface area contributed by atoms with Gasteiger partial charge in [-0.05, 0) is 57.2 Å². The van der Waals surface area contributed by atoms with Crippen LogP contribution < -0.4 is 5.32 Å². The molecular weight excluding hydrogens is 330 g/mol. The van der Waals surface area contributed by atoms with E-state index in [1.165, 1.54) is 0 Å². The molecule has 1 atom stereocenters. The van der Waals surface area contributed by atoms with E-state index in [0.29, 0.717) is 17.8 Å². The maximum absolute atomic E-state index is 12.5. The van der Waals surface area contributed by atoms with E-state index >= 15 is 0 Å². The van der Waals surface area contributed by atoms with E-state index in [0.717, 1.165) is 64.7 Å². The van der Waals surface area contributed by atoms with Crippen molar-refractivity contribution >= 4 is 11.8 Å². The van der Waals surface area contributed by atoms with Crippen molar-refractivity contribution in [1.82, 2.24) is 25.3 Å². The first-order chi connectivity index (χ1) is 12.7. The second kappa shape index (κ2) is 7.70. The largest absolute Gasteiger partial charge is 0.353 e. The normalized spacial score (nSPS) is 25.1. The van der Waals surface area contributed by atoms with E-state index in [1.54, 1.807) is 18.3 Å². The molecule has 0 unspecified atom stereocenters. The van der Waals surface area contributed by atoms with Gasteiger partial charge in [-0.3, -0.25) is 14.5 Å². The van der Waals surface area contributed by atoms with Crippen LogP contribution in [-0.4, -0.2) is 70.1 Å². The monoisotopic (exact) mass is 357 g/mol. The van der Waals surface area contributed by atoms with Crippen molar-refractivity contribution in [3.63, 3.8) is 0 Å². The summed E-state index contributed by atoms with van der Waals surface area (Å²) >= 11 is 0. The minimum Gasteiger partial charge on any atom is -0.353 e. The van der Waals surface area contributed by atoms with E-state index in [9.17, 15) is 9.59 Å². The Morgan fingerprint density at radius 1 is 1.08 bits per heavy atom. The molecule has 0 aromatic carbocycles. The Labute approximate surface area is 154 Å². The Kier molecular flexibility index (Phi) is 5.15. The molecule has 26 heavy (non-hydrogen) atoms. The van der Waals surface area contributed by atoms with Crippen molar-refractivity contribution in [1.29, 1.82) is 0 Å². The molecule has 1 saturated carbocycles. The maximum atomic E-state index is 12.5. The molecule has 1 N–H and O–H groups in total. The highest BCUT2D eigenvalue weighted by atomic mass is 16.2. The average Bonchev–Trinajstić information content (AvgIpc) is 3.52. The van der Waals surface area contributed by atoms with E-state index in [2.05, 4.69) is 20.4 Å². The molecule has 1 aliphatic carbocycles. The van der Waals surface area contributed by atoms with Gasteiger partial charge in [-0.2, -0.15) is 5.10 Å². The summed E-state index contributed by atoms with van der Waals surface area (Å²) in [5.74, 6) is 0.341. The number of hydrogen-bond donors (Lipinski definition) is 1. The number of rotatable bonds is 4. The van der Waals surface area contributed by atoms with Gasteiger partial charge in [0.25, 0.3) is 5.91 Å². The lowest BCUT2D eigenvalue weighted by molar-refractivity contribution is -0.127. The second-order valence-corrected chi connectivity index (χ2v) is 7.75. The highest BCUT2D eigenvalue weighted by molar-refractivity contribution is 5.92. The number of carbonyl (C=O) groups excluding carboxylic acids is 2. The second-order valence-electron chi connectivity index (χ2n) is 7.75. The molecular formula is C19H27N5O2. The molecule has 2 amide bonds. The molecule has 1 aromatic heterocycles. The van der Waals surface area contributed by atoms with Crippen molar-refractivity contribution in [2.45, 2.75) is 50.6 Å². The van der Waals surface area contributed by atoms with Crippen LogP contribution in [0.15, 0.2) is 18.3 Å². The van der Waals surface area contributed by atoms with Gasteiger partial charge < -0.3 is 10.2 Å². The van der Waals surface area contributed by atoms with Crippen LogP contribution in [0.5, 0.6) is 0 Å². The number of nitrogens with one attached hydrogen (secondary N) is 1. The number of amides is 2. The molecule has 0 radical (unpaired) electrons. The van der Waals surface area contributed by atoms with Gasteiger partial charge in [0.2, 0.25) is 5.91 Å². The van der Waals surface area contributed by atoms with Crippen LogP contribution in [0.1, 0.15) is 49.0 Å². The summed E-state index contributed by atoms with van der Waals surface area (Å²) in [5, 5.41) is 10.9. The highest BCUT2D eigenvalue weighted by Gasteiger charge is 2.34. The van der Waals surface area contributed by atoms with Crippen molar-refractivity contribution < 1.29 is 9.59 Å². The summed E-state index contributed by atoms with van der Waals surface area (Å²) in [6.07, 6.45) is 7.86. The molecule has 2 saturated heterocycles. The maximum Gasteiger partial charge on any atom is 0.274 e. The SMILES string of the molecule is O=C(NC1CC1)[C@H]1CCCN(C2CCN(C(=O)c3cccnn3)CC2)C1. The fraction of sp³-hybridized carbons (Fsp3) is 0.684. The summed E-state index contributed by atoms with van der Waals surface area (Å²) in [7, 11) is 0. The number of hydrogen-bond acceptors (Lipinski definition) is 5. The predicted octanol–water partition coefficient (Wildman–Crippen LogP) is 1.07. The molecule has 2 aliphatic heterocycles. The van der Waals surface area contributed by atoms with E-state index in [1.807, 2.05) is 4.90 Å². The zero-order chi connectivity index (χ0) is 17.9. The third-order valence-corrected chi connectivity index (χ3v) is 5.81. The fourth-order valence-corrected chi connectivity index (χ4v) is 4.11. The molecule has 0 spiro atoms. The first-order valence-corrected chi connectivity index (χ1v) is 9.82. The lowest BCUT2D eigenvalue weighted by Crippen LogP contribution is -2.51. The van der Waals surface area contributed by atoms with Crippen LogP contribution in [0.2, 0.25) is 0 Å². The van der Waals surface area contributed by atoms with Crippen LogP contribution in [0, 0.1) is 5.92 Å². The van der Waals surface area contributed by atoms with Gasteiger partial charge in [-0.25, -0.2) is 0 Å². The van der Waals surface area contributed by atoms with E-state index in [-0.39, 0.29) is 17.7 Å². The van der Waals surface area contributed by atoms with Crippen molar-refractivity contribution in [2.75, 3.05) is 26.2 Å². The van der Waals surface area contributed by atoms with Crippen LogP contribution in [0.25, 0.3) is 0 Å². The van der Waals surface area contributed by atoms with Gasteiger partial charge in [0.05, 0.1) is 5.92 Å². The van der Waals surface area contributed by atoms with Crippen molar-refractivity contribution in [2.24, 2.45) is 5.92 Å². The van der Waals surface area contributed by atoms with Crippen molar-refractivity contribution in [3.05, 3.63) is 24.0 Å². The Morgan fingerprint density at radius 3 is 2.58 bits per heavy atom. The summed E-state index contributed by atoms with van der Waals surface area (Å²) < 4.78 is 0. The molecule has 7 nitrogen and oxygen atoms in total.